The monoisotopic (exact) mass is 407 g/mol. The molecular formula is C24H29N3O3. The average molecular weight is 408 g/mol. The molecular weight excluding hydrogens is 378 g/mol. The van der Waals surface area contributed by atoms with Crippen LogP contribution in [-0.4, -0.2) is 60.5 Å². The lowest BCUT2D eigenvalue weighted by Gasteiger charge is -2.50. The molecule has 2 N–H and O–H groups in total. The number of likely N-dealkylation sites (tertiary alicyclic amines) is 1. The number of nitrogens with zero attached hydrogens (tertiary/aromatic N) is 2. The van der Waals surface area contributed by atoms with Gasteiger partial charge in [-0.3, -0.25) is 9.69 Å². The van der Waals surface area contributed by atoms with Crippen LogP contribution in [0.15, 0.2) is 60.7 Å². The van der Waals surface area contributed by atoms with Gasteiger partial charge >= 0.3 is 0 Å². The van der Waals surface area contributed by atoms with E-state index in [1.807, 2.05) is 48.5 Å². The van der Waals surface area contributed by atoms with Crippen molar-refractivity contribution in [3.8, 4) is 0 Å². The van der Waals surface area contributed by atoms with Gasteiger partial charge in [0, 0.05) is 31.8 Å². The lowest BCUT2D eigenvalue weighted by molar-refractivity contribution is -0.143. The van der Waals surface area contributed by atoms with Gasteiger partial charge in [-0.15, -0.1) is 0 Å². The molecule has 6 heteroatoms. The van der Waals surface area contributed by atoms with E-state index in [0.717, 1.165) is 37.2 Å². The Bertz CT molecular complexity index is 883. The predicted octanol–water partition coefficient (Wildman–Crippen LogP) is 2.09. The van der Waals surface area contributed by atoms with Crippen molar-refractivity contribution in [3.05, 3.63) is 66.2 Å². The van der Waals surface area contributed by atoms with Crippen LogP contribution in [0, 0.1) is 0 Å². The molecule has 3 heterocycles. The predicted molar refractivity (Wildman–Crippen MR) is 115 cm³/mol. The average Bonchev–Trinajstić information content (AvgIpc) is 3.11. The summed E-state index contributed by atoms with van der Waals surface area (Å²) in [4.78, 5) is 17.5. The molecule has 2 aromatic carbocycles. The summed E-state index contributed by atoms with van der Waals surface area (Å²) in [6.07, 6.45) is 2.05. The largest absolute Gasteiger partial charge is 0.383 e. The molecule has 0 aromatic heterocycles. The van der Waals surface area contributed by atoms with Gasteiger partial charge in [0.1, 0.15) is 11.1 Å². The summed E-state index contributed by atoms with van der Waals surface area (Å²) in [5, 5.41) is 14.7. The van der Waals surface area contributed by atoms with Gasteiger partial charge in [0.15, 0.2) is 0 Å². The van der Waals surface area contributed by atoms with Gasteiger partial charge in [-0.1, -0.05) is 48.5 Å². The van der Waals surface area contributed by atoms with Crippen LogP contribution in [0.4, 0.5) is 5.69 Å². The van der Waals surface area contributed by atoms with Crippen LogP contribution in [0.5, 0.6) is 0 Å². The third kappa shape index (κ3) is 3.11. The molecule has 1 amide bonds. The highest BCUT2D eigenvalue weighted by molar-refractivity contribution is 5.93. The first-order valence-electron chi connectivity index (χ1n) is 10.8. The fourth-order valence-corrected chi connectivity index (χ4v) is 5.44. The van der Waals surface area contributed by atoms with Crippen LogP contribution in [0.25, 0.3) is 0 Å². The van der Waals surface area contributed by atoms with Gasteiger partial charge in [-0.05, 0) is 30.5 Å². The van der Waals surface area contributed by atoms with Crippen molar-refractivity contribution in [3.63, 3.8) is 0 Å². The van der Waals surface area contributed by atoms with Crippen LogP contribution < -0.4 is 10.2 Å². The number of amides is 1. The zero-order valence-corrected chi connectivity index (χ0v) is 17.2. The molecule has 2 atom stereocenters. The summed E-state index contributed by atoms with van der Waals surface area (Å²) in [7, 11) is 0. The van der Waals surface area contributed by atoms with Gasteiger partial charge in [-0.25, -0.2) is 0 Å². The Labute approximate surface area is 177 Å². The van der Waals surface area contributed by atoms with Crippen molar-refractivity contribution >= 4 is 11.6 Å². The van der Waals surface area contributed by atoms with E-state index in [4.69, 9.17) is 4.74 Å². The zero-order valence-electron chi connectivity index (χ0n) is 17.2. The first-order valence-corrected chi connectivity index (χ1v) is 10.8. The fourth-order valence-electron chi connectivity index (χ4n) is 5.44. The lowest BCUT2D eigenvalue weighted by Crippen LogP contribution is -2.63. The SMILES string of the molecule is O=C1NCN(c2ccccc2)C12CCN([C@H]1COCC[C@@]1(O)c1ccccc1)CC2. The number of benzene rings is 2. The number of carbonyl (C=O) groups excluding carboxylic acids is 1. The number of piperidine rings is 1. The second-order valence-electron chi connectivity index (χ2n) is 8.63. The van der Waals surface area contributed by atoms with E-state index >= 15 is 0 Å². The van der Waals surface area contributed by atoms with E-state index in [1.54, 1.807) is 0 Å². The third-order valence-corrected chi connectivity index (χ3v) is 7.20. The van der Waals surface area contributed by atoms with Gasteiger partial charge < -0.3 is 20.1 Å². The summed E-state index contributed by atoms with van der Waals surface area (Å²) in [5.41, 5.74) is 0.577. The molecule has 5 rings (SSSR count). The molecule has 6 nitrogen and oxygen atoms in total. The second kappa shape index (κ2) is 7.69. The second-order valence-corrected chi connectivity index (χ2v) is 8.63. The number of nitrogens with one attached hydrogen (secondary N) is 1. The maximum Gasteiger partial charge on any atom is 0.247 e. The van der Waals surface area contributed by atoms with Crippen molar-refractivity contribution in [1.29, 1.82) is 0 Å². The number of hydrogen-bond acceptors (Lipinski definition) is 5. The molecule has 30 heavy (non-hydrogen) atoms. The van der Waals surface area contributed by atoms with Crippen molar-refractivity contribution in [2.45, 2.75) is 36.4 Å². The number of hydrogen-bond donors (Lipinski definition) is 2. The number of para-hydroxylation sites is 1. The summed E-state index contributed by atoms with van der Waals surface area (Å²) >= 11 is 0. The molecule has 3 aliphatic rings. The number of ether oxygens (including phenoxy) is 1. The summed E-state index contributed by atoms with van der Waals surface area (Å²) in [6, 6.07) is 20.0. The number of aliphatic hydroxyl groups is 1. The minimum Gasteiger partial charge on any atom is -0.383 e. The Hall–Kier alpha value is -2.41. The standard InChI is InChI=1S/C24H29N3O3/c28-22-23(27(18-25-22)20-9-5-2-6-10-20)11-14-26(15-12-23)21-17-30-16-13-24(21,29)19-7-3-1-4-8-19/h1-10,21,29H,11-18H2,(H,25,28)/t21-,24+/m0/s1. The Morgan fingerprint density at radius 2 is 1.63 bits per heavy atom. The highest BCUT2D eigenvalue weighted by atomic mass is 16.5. The van der Waals surface area contributed by atoms with E-state index in [2.05, 4.69) is 27.2 Å². The Kier molecular flexibility index (Phi) is 5.01. The number of anilines is 1. The van der Waals surface area contributed by atoms with Gasteiger partial charge in [0.2, 0.25) is 5.91 Å². The first kappa shape index (κ1) is 19.5. The minimum atomic E-state index is -0.929. The van der Waals surface area contributed by atoms with Crippen LogP contribution in [-0.2, 0) is 15.1 Å². The highest BCUT2D eigenvalue weighted by Crippen LogP contribution is 2.40. The first-order chi connectivity index (χ1) is 14.6. The molecule has 0 saturated carbocycles. The molecule has 3 fully saturated rings. The summed E-state index contributed by atoms with van der Waals surface area (Å²) in [6.45, 7) is 3.11. The molecule has 1 spiro atoms. The maximum absolute atomic E-state index is 12.9. The number of rotatable bonds is 3. The number of carbonyl (C=O) groups is 1. The van der Waals surface area contributed by atoms with Crippen molar-refractivity contribution in [1.82, 2.24) is 10.2 Å². The quantitative estimate of drug-likeness (QED) is 0.816. The molecule has 0 unspecified atom stereocenters. The van der Waals surface area contributed by atoms with Crippen molar-refractivity contribution in [2.75, 3.05) is 37.9 Å². The molecule has 3 aliphatic heterocycles. The van der Waals surface area contributed by atoms with Gasteiger partial charge in [0.25, 0.3) is 0 Å². The van der Waals surface area contributed by atoms with Crippen LogP contribution >= 0.6 is 0 Å². The van der Waals surface area contributed by atoms with E-state index < -0.39 is 11.1 Å². The zero-order chi connectivity index (χ0) is 20.6. The van der Waals surface area contributed by atoms with E-state index in [0.29, 0.717) is 26.3 Å². The van der Waals surface area contributed by atoms with Crippen LogP contribution in [0.1, 0.15) is 24.8 Å². The third-order valence-electron chi connectivity index (χ3n) is 7.20. The van der Waals surface area contributed by atoms with Crippen LogP contribution in [0.3, 0.4) is 0 Å². The smallest absolute Gasteiger partial charge is 0.247 e. The topological polar surface area (TPSA) is 65.0 Å². The lowest BCUT2D eigenvalue weighted by atomic mass is 9.79. The highest BCUT2D eigenvalue weighted by Gasteiger charge is 2.53. The van der Waals surface area contributed by atoms with Crippen molar-refractivity contribution in [2.24, 2.45) is 0 Å². The van der Waals surface area contributed by atoms with E-state index in [1.165, 1.54) is 0 Å². The fraction of sp³-hybridized carbons (Fsp3) is 0.458. The minimum absolute atomic E-state index is 0.111. The normalized spacial score (nSPS) is 29.2. The van der Waals surface area contributed by atoms with E-state index in [9.17, 15) is 9.90 Å². The molecule has 3 saturated heterocycles. The maximum atomic E-state index is 12.9. The van der Waals surface area contributed by atoms with Crippen molar-refractivity contribution < 1.29 is 14.6 Å². The summed E-state index contributed by atoms with van der Waals surface area (Å²) < 4.78 is 5.79. The van der Waals surface area contributed by atoms with Crippen LogP contribution in [0.2, 0.25) is 0 Å². The molecule has 158 valence electrons. The Morgan fingerprint density at radius 3 is 2.33 bits per heavy atom. The molecule has 0 bridgehead atoms. The van der Waals surface area contributed by atoms with Gasteiger partial charge in [0.05, 0.1) is 19.3 Å². The molecule has 2 aromatic rings. The summed E-state index contributed by atoms with van der Waals surface area (Å²) in [5.74, 6) is 0.115. The van der Waals surface area contributed by atoms with Gasteiger partial charge in [-0.2, -0.15) is 0 Å². The van der Waals surface area contributed by atoms with E-state index in [-0.39, 0.29) is 11.9 Å². The Morgan fingerprint density at radius 1 is 0.967 bits per heavy atom. The Balaban J connectivity index is 1.38. The molecule has 0 aliphatic carbocycles. The molecule has 0 radical (unpaired) electrons.